The van der Waals surface area contributed by atoms with Crippen LogP contribution in [0.4, 0.5) is 0 Å². The lowest BCUT2D eigenvalue weighted by Crippen LogP contribution is -2.51. The van der Waals surface area contributed by atoms with E-state index in [1.54, 1.807) is 0 Å². The molecule has 0 aromatic rings. The van der Waals surface area contributed by atoms with Crippen LogP contribution in [0.3, 0.4) is 0 Å². The number of likely N-dealkylation sites (tertiary alicyclic amines) is 1. The Hall–Kier alpha value is -0.570. The number of piperidine rings is 1. The van der Waals surface area contributed by atoms with Crippen molar-refractivity contribution in [3.63, 3.8) is 0 Å². The largest absolute Gasteiger partial charge is 0.353 e. The van der Waals surface area contributed by atoms with Crippen molar-refractivity contribution in [3.8, 4) is 0 Å². The Morgan fingerprint density at radius 1 is 1.24 bits per heavy atom. The molecule has 1 aliphatic rings. The van der Waals surface area contributed by atoms with Gasteiger partial charge in [-0.15, -0.1) is 0 Å². The first-order valence-electron chi connectivity index (χ1n) is 6.96. The summed E-state index contributed by atoms with van der Waals surface area (Å²) in [6, 6.07) is 0.840. The predicted molar refractivity (Wildman–Crippen MR) is 71.9 cm³/mol. The molecule has 0 radical (unpaired) electrons. The number of carbonyl (C=O) groups is 1. The van der Waals surface area contributed by atoms with Gasteiger partial charge in [-0.3, -0.25) is 4.79 Å². The first kappa shape index (κ1) is 14.5. The van der Waals surface area contributed by atoms with Gasteiger partial charge >= 0.3 is 0 Å². The maximum absolute atomic E-state index is 12.3. The SMILES string of the molecule is CCC1(C(=O)NC(C)C)CCN(C(C)C)CC1. The van der Waals surface area contributed by atoms with Crippen LogP contribution in [0.15, 0.2) is 0 Å². The van der Waals surface area contributed by atoms with Gasteiger partial charge in [0, 0.05) is 12.1 Å². The number of amides is 1. The van der Waals surface area contributed by atoms with E-state index in [1.165, 1.54) is 0 Å². The lowest BCUT2D eigenvalue weighted by atomic mass is 9.75. The van der Waals surface area contributed by atoms with Crippen molar-refractivity contribution in [2.75, 3.05) is 13.1 Å². The molecule has 1 saturated heterocycles. The maximum atomic E-state index is 12.3. The number of carbonyl (C=O) groups excluding carboxylic acids is 1. The van der Waals surface area contributed by atoms with Gasteiger partial charge in [0.05, 0.1) is 5.41 Å². The molecule has 1 fully saturated rings. The minimum absolute atomic E-state index is 0.115. The van der Waals surface area contributed by atoms with Crippen molar-refractivity contribution >= 4 is 5.91 Å². The van der Waals surface area contributed by atoms with E-state index in [4.69, 9.17) is 0 Å². The van der Waals surface area contributed by atoms with E-state index in [0.29, 0.717) is 6.04 Å². The minimum atomic E-state index is -0.115. The Labute approximate surface area is 106 Å². The predicted octanol–water partition coefficient (Wildman–Crippen LogP) is 2.41. The lowest BCUT2D eigenvalue weighted by molar-refractivity contribution is -0.135. The molecule has 0 saturated carbocycles. The van der Waals surface area contributed by atoms with Gasteiger partial charge in [0.2, 0.25) is 5.91 Å². The Bertz CT molecular complexity index is 253. The summed E-state index contributed by atoms with van der Waals surface area (Å²) in [5.74, 6) is 0.262. The highest BCUT2D eigenvalue weighted by atomic mass is 16.2. The average molecular weight is 240 g/mol. The third-order valence-corrected chi connectivity index (χ3v) is 4.06. The molecule has 0 atom stereocenters. The molecule has 1 amide bonds. The van der Waals surface area contributed by atoms with Crippen LogP contribution < -0.4 is 5.32 Å². The van der Waals surface area contributed by atoms with Gasteiger partial charge < -0.3 is 10.2 Å². The molecule has 17 heavy (non-hydrogen) atoms. The molecule has 1 heterocycles. The summed E-state index contributed by atoms with van der Waals surface area (Å²) < 4.78 is 0. The zero-order valence-corrected chi connectivity index (χ0v) is 12.0. The van der Waals surface area contributed by atoms with Crippen molar-refractivity contribution in [2.24, 2.45) is 5.41 Å². The summed E-state index contributed by atoms with van der Waals surface area (Å²) >= 11 is 0. The minimum Gasteiger partial charge on any atom is -0.353 e. The van der Waals surface area contributed by atoms with E-state index in [0.717, 1.165) is 32.4 Å². The molecule has 0 aromatic heterocycles. The van der Waals surface area contributed by atoms with Crippen molar-refractivity contribution in [3.05, 3.63) is 0 Å². The van der Waals surface area contributed by atoms with E-state index < -0.39 is 0 Å². The standard InChI is InChI=1S/C14H28N2O/c1-6-14(13(17)15-11(2)3)7-9-16(10-8-14)12(4)5/h11-12H,6-10H2,1-5H3,(H,15,17). The Balaban J connectivity index is 2.63. The summed E-state index contributed by atoms with van der Waals surface area (Å²) in [7, 11) is 0. The van der Waals surface area contributed by atoms with Crippen LogP contribution in [0.5, 0.6) is 0 Å². The third-order valence-electron chi connectivity index (χ3n) is 4.06. The molecule has 1 aliphatic heterocycles. The fourth-order valence-electron chi connectivity index (χ4n) is 2.62. The molecule has 100 valence electrons. The van der Waals surface area contributed by atoms with E-state index in [1.807, 2.05) is 13.8 Å². The van der Waals surface area contributed by atoms with Crippen LogP contribution in [-0.2, 0) is 4.79 Å². The van der Waals surface area contributed by atoms with Crippen LogP contribution in [0.25, 0.3) is 0 Å². The van der Waals surface area contributed by atoms with Crippen LogP contribution >= 0.6 is 0 Å². The van der Waals surface area contributed by atoms with E-state index in [9.17, 15) is 4.79 Å². The van der Waals surface area contributed by atoms with Crippen LogP contribution in [-0.4, -0.2) is 36.0 Å². The second kappa shape index (κ2) is 5.85. The molecule has 0 unspecified atom stereocenters. The smallest absolute Gasteiger partial charge is 0.226 e. The molecule has 0 bridgehead atoms. The molecule has 3 nitrogen and oxygen atoms in total. The summed E-state index contributed by atoms with van der Waals surface area (Å²) in [6.45, 7) is 12.8. The van der Waals surface area contributed by atoms with Gasteiger partial charge in [-0.25, -0.2) is 0 Å². The molecule has 1 rings (SSSR count). The topological polar surface area (TPSA) is 32.3 Å². The molecule has 3 heteroatoms. The highest BCUT2D eigenvalue weighted by molar-refractivity contribution is 5.82. The highest BCUT2D eigenvalue weighted by Crippen LogP contribution is 2.35. The zero-order chi connectivity index (χ0) is 13.1. The number of nitrogens with zero attached hydrogens (tertiary/aromatic N) is 1. The van der Waals surface area contributed by atoms with E-state index in [2.05, 4.69) is 31.0 Å². The molecular formula is C14H28N2O. The first-order valence-corrected chi connectivity index (χ1v) is 6.96. The third kappa shape index (κ3) is 3.44. The molecular weight excluding hydrogens is 212 g/mol. The molecule has 0 spiro atoms. The molecule has 1 N–H and O–H groups in total. The van der Waals surface area contributed by atoms with Crippen molar-refractivity contribution in [1.29, 1.82) is 0 Å². The van der Waals surface area contributed by atoms with Gasteiger partial charge in [0.1, 0.15) is 0 Å². The summed E-state index contributed by atoms with van der Waals surface area (Å²) in [4.78, 5) is 14.8. The second-order valence-electron chi connectivity index (χ2n) is 5.89. The number of rotatable bonds is 4. The van der Waals surface area contributed by atoms with Crippen molar-refractivity contribution in [1.82, 2.24) is 10.2 Å². The van der Waals surface area contributed by atoms with Gasteiger partial charge in [-0.2, -0.15) is 0 Å². The number of hydrogen-bond donors (Lipinski definition) is 1. The second-order valence-corrected chi connectivity index (χ2v) is 5.89. The van der Waals surface area contributed by atoms with Crippen LogP contribution in [0.1, 0.15) is 53.9 Å². The Kier molecular flexibility index (Phi) is 4.99. The normalized spacial score (nSPS) is 20.9. The Morgan fingerprint density at radius 2 is 1.76 bits per heavy atom. The van der Waals surface area contributed by atoms with Gasteiger partial charge in [0.25, 0.3) is 0 Å². The lowest BCUT2D eigenvalue weighted by Gasteiger charge is -2.42. The first-order chi connectivity index (χ1) is 7.91. The van der Waals surface area contributed by atoms with E-state index in [-0.39, 0.29) is 17.4 Å². The quantitative estimate of drug-likeness (QED) is 0.818. The Morgan fingerprint density at radius 3 is 2.12 bits per heavy atom. The van der Waals surface area contributed by atoms with Gasteiger partial charge in [-0.1, -0.05) is 6.92 Å². The maximum Gasteiger partial charge on any atom is 0.226 e. The van der Waals surface area contributed by atoms with Crippen LogP contribution in [0, 0.1) is 5.41 Å². The summed E-state index contributed by atoms with van der Waals surface area (Å²) in [5, 5.41) is 3.09. The van der Waals surface area contributed by atoms with E-state index >= 15 is 0 Å². The van der Waals surface area contributed by atoms with Crippen molar-refractivity contribution < 1.29 is 4.79 Å². The molecule has 0 aliphatic carbocycles. The average Bonchev–Trinajstić information content (AvgIpc) is 2.28. The fraction of sp³-hybridized carbons (Fsp3) is 0.929. The van der Waals surface area contributed by atoms with Gasteiger partial charge in [-0.05, 0) is 60.0 Å². The van der Waals surface area contributed by atoms with Crippen LogP contribution in [0.2, 0.25) is 0 Å². The molecule has 0 aromatic carbocycles. The number of nitrogens with one attached hydrogen (secondary N) is 1. The summed E-state index contributed by atoms with van der Waals surface area (Å²) in [6.07, 6.45) is 2.96. The fourth-order valence-corrected chi connectivity index (χ4v) is 2.62. The zero-order valence-electron chi connectivity index (χ0n) is 12.0. The number of hydrogen-bond acceptors (Lipinski definition) is 2. The highest BCUT2D eigenvalue weighted by Gasteiger charge is 2.40. The monoisotopic (exact) mass is 240 g/mol. The van der Waals surface area contributed by atoms with Crippen molar-refractivity contribution in [2.45, 2.75) is 66.0 Å². The summed E-state index contributed by atoms with van der Waals surface area (Å²) in [5.41, 5.74) is -0.115. The van der Waals surface area contributed by atoms with Gasteiger partial charge in [0.15, 0.2) is 0 Å².